The van der Waals surface area contributed by atoms with Crippen molar-refractivity contribution in [2.75, 3.05) is 13.2 Å². The smallest absolute Gasteiger partial charge is 0.0964 e. The Hall–Kier alpha value is -0.0900. The van der Waals surface area contributed by atoms with Crippen LogP contribution in [0.4, 0.5) is 0 Å². The van der Waals surface area contributed by atoms with E-state index in [1.165, 1.54) is 32.1 Å². The van der Waals surface area contributed by atoms with Gasteiger partial charge in [0.1, 0.15) is 0 Å². The Morgan fingerprint density at radius 2 is 2.05 bits per heavy atom. The standard InChI is InChI=1S/C15H19BrClNO/c16-11-4-5-12(13(17)8-11)14-9-18-15(10-19-14)6-2-1-3-7-15/h4-5,8,14,18H,1-3,6-7,9-10H2. The number of morpholine rings is 1. The molecule has 1 atom stereocenters. The first-order chi connectivity index (χ1) is 9.19. The van der Waals surface area contributed by atoms with Crippen molar-refractivity contribution in [2.45, 2.75) is 43.7 Å². The minimum Gasteiger partial charge on any atom is -0.370 e. The number of hydrogen-bond acceptors (Lipinski definition) is 2. The lowest BCUT2D eigenvalue weighted by Gasteiger charge is -2.44. The average molecular weight is 345 g/mol. The van der Waals surface area contributed by atoms with Crippen molar-refractivity contribution >= 4 is 27.5 Å². The van der Waals surface area contributed by atoms with E-state index < -0.39 is 0 Å². The summed E-state index contributed by atoms with van der Waals surface area (Å²) in [5, 5.41) is 4.51. The first kappa shape index (κ1) is 13.9. The minimum absolute atomic E-state index is 0.0770. The van der Waals surface area contributed by atoms with Crippen molar-refractivity contribution in [2.24, 2.45) is 0 Å². The van der Waals surface area contributed by atoms with Crippen molar-refractivity contribution < 1.29 is 4.74 Å². The highest BCUT2D eigenvalue weighted by atomic mass is 79.9. The largest absolute Gasteiger partial charge is 0.370 e. The van der Waals surface area contributed by atoms with Crippen LogP contribution in [0.1, 0.15) is 43.8 Å². The third kappa shape index (κ3) is 2.99. The number of nitrogens with one attached hydrogen (secondary N) is 1. The SMILES string of the molecule is Clc1cc(Br)ccc1C1CNC2(CCCCC2)CO1. The predicted octanol–water partition coefficient (Wildman–Crippen LogP) is 4.47. The van der Waals surface area contributed by atoms with Gasteiger partial charge in [-0.15, -0.1) is 0 Å². The molecule has 104 valence electrons. The fraction of sp³-hybridized carbons (Fsp3) is 0.600. The summed E-state index contributed by atoms with van der Waals surface area (Å²) in [6.45, 7) is 1.67. The summed E-state index contributed by atoms with van der Waals surface area (Å²) in [7, 11) is 0. The van der Waals surface area contributed by atoms with Gasteiger partial charge in [0.15, 0.2) is 0 Å². The van der Waals surface area contributed by atoms with E-state index in [1.54, 1.807) is 0 Å². The van der Waals surface area contributed by atoms with Gasteiger partial charge < -0.3 is 10.1 Å². The lowest BCUT2D eigenvalue weighted by atomic mass is 9.81. The Bertz CT molecular complexity index is 449. The molecule has 19 heavy (non-hydrogen) atoms. The van der Waals surface area contributed by atoms with E-state index >= 15 is 0 Å². The molecule has 1 saturated heterocycles. The normalized spacial score (nSPS) is 26.5. The molecule has 1 saturated carbocycles. The maximum absolute atomic E-state index is 6.30. The molecule has 0 amide bonds. The van der Waals surface area contributed by atoms with Gasteiger partial charge >= 0.3 is 0 Å². The lowest BCUT2D eigenvalue weighted by Crippen LogP contribution is -2.55. The molecule has 1 unspecified atom stereocenters. The van der Waals surface area contributed by atoms with E-state index in [2.05, 4.69) is 27.3 Å². The van der Waals surface area contributed by atoms with Crippen LogP contribution in [0.25, 0.3) is 0 Å². The van der Waals surface area contributed by atoms with Gasteiger partial charge in [-0.2, -0.15) is 0 Å². The zero-order valence-electron chi connectivity index (χ0n) is 10.9. The van der Waals surface area contributed by atoms with Crippen molar-refractivity contribution in [1.29, 1.82) is 0 Å². The molecule has 1 N–H and O–H groups in total. The first-order valence-electron chi connectivity index (χ1n) is 7.00. The average Bonchev–Trinajstić information content (AvgIpc) is 2.41. The molecular weight excluding hydrogens is 326 g/mol. The highest BCUT2D eigenvalue weighted by Crippen LogP contribution is 2.36. The van der Waals surface area contributed by atoms with Gasteiger partial charge in [-0.3, -0.25) is 0 Å². The molecule has 1 aliphatic carbocycles. The second-order valence-corrected chi connectivity index (χ2v) is 7.01. The molecule has 0 bridgehead atoms. The monoisotopic (exact) mass is 343 g/mol. The Kier molecular flexibility index (Phi) is 4.18. The molecule has 3 rings (SSSR count). The van der Waals surface area contributed by atoms with Crippen LogP contribution < -0.4 is 5.32 Å². The summed E-state index contributed by atoms with van der Waals surface area (Å²) in [5.74, 6) is 0. The van der Waals surface area contributed by atoms with Crippen molar-refractivity contribution in [3.8, 4) is 0 Å². The zero-order valence-corrected chi connectivity index (χ0v) is 13.3. The van der Waals surface area contributed by atoms with E-state index in [0.717, 1.165) is 28.2 Å². The Balaban J connectivity index is 1.69. The number of halogens is 2. The predicted molar refractivity (Wildman–Crippen MR) is 81.7 cm³/mol. The van der Waals surface area contributed by atoms with Gasteiger partial charge in [0.05, 0.1) is 12.7 Å². The molecule has 1 spiro atoms. The van der Waals surface area contributed by atoms with Crippen molar-refractivity contribution in [3.63, 3.8) is 0 Å². The zero-order chi connectivity index (χ0) is 13.3. The lowest BCUT2D eigenvalue weighted by molar-refractivity contribution is -0.0466. The third-order valence-electron chi connectivity index (χ3n) is 4.34. The van der Waals surface area contributed by atoms with E-state index in [0.29, 0.717) is 0 Å². The summed E-state index contributed by atoms with van der Waals surface area (Å²) in [4.78, 5) is 0. The molecular formula is C15H19BrClNO. The first-order valence-corrected chi connectivity index (χ1v) is 8.17. The Morgan fingerprint density at radius 3 is 2.68 bits per heavy atom. The maximum Gasteiger partial charge on any atom is 0.0964 e. The molecule has 4 heteroatoms. The van der Waals surface area contributed by atoms with E-state index in [4.69, 9.17) is 16.3 Å². The fourth-order valence-corrected chi connectivity index (χ4v) is 3.99. The summed E-state index contributed by atoms with van der Waals surface area (Å²) < 4.78 is 7.12. The molecule has 0 radical (unpaired) electrons. The highest BCUT2D eigenvalue weighted by Gasteiger charge is 2.37. The number of ether oxygens (including phenoxy) is 1. The molecule has 1 aromatic rings. The van der Waals surface area contributed by atoms with Gasteiger partial charge in [-0.05, 0) is 25.0 Å². The molecule has 2 fully saturated rings. The van der Waals surface area contributed by atoms with Crippen LogP contribution in [0.15, 0.2) is 22.7 Å². The maximum atomic E-state index is 6.30. The molecule has 1 aromatic carbocycles. The Labute approximate surface area is 128 Å². The van der Waals surface area contributed by atoms with Gasteiger partial charge in [0.25, 0.3) is 0 Å². The van der Waals surface area contributed by atoms with Crippen LogP contribution >= 0.6 is 27.5 Å². The summed E-state index contributed by atoms with van der Waals surface area (Å²) in [5.41, 5.74) is 1.32. The van der Waals surface area contributed by atoms with Crippen LogP contribution in [-0.4, -0.2) is 18.7 Å². The molecule has 1 heterocycles. The number of benzene rings is 1. The van der Waals surface area contributed by atoms with E-state index in [-0.39, 0.29) is 11.6 Å². The van der Waals surface area contributed by atoms with E-state index in [9.17, 15) is 0 Å². The number of hydrogen-bond donors (Lipinski definition) is 1. The van der Waals surface area contributed by atoms with Gasteiger partial charge in [-0.1, -0.05) is 52.9 Å². The van der Waals surface area contributed by atoms with E-state index in [1.807, 2.05) is 12.1 Å². The minimum atomic E-state index is 0.0770. The van der Waals surface area contributed by atoms with Gasteiger partial charge in [-0.25, -0.2) is 0 Å². The van der Waals surface area contributed by atoms with Crippen molar-refractivity contribution in [3.05, 3.63) is 33.3 Å². The molecule has 1 aliphatic heterocycles. The summed E-state index contributed by atoms with van der Waals surface area (Å²) >= 11 is 9.74. The van der Waals surface area contributed by atoms with Crippen LogP contribution in [0.2, 0.25) is 5.02 Å². The second-order valence-electron chi connectivity index (χ2n) is 5.69. The van der Waals surface area contributed by atoms with Crippen LogP contribution in [0.5, 0.6) is 0 Å². The topological polar surface area (TPSA) is 21.3 Å². The Morgan fingerprint density at radius 1 is 1.26 bits per heavy atom. The highest BCUT2D eigenvalue weighted by molar-refractivity contribution is 9.10. The molecule has 0 aromatic heterocycles. The van der Waals surface area contributed by atoms with Crippen LogP contribution in [0, 0.1) is 0 Å². The summed E-state index contributed by atoms with van der Waals surface area (Å²) in [6.07, 6.45) is 6.57. The number of rotatable bonds is 1. The summed E-state index contributed by atoms with van der Waals surface area (Å²) in [6, 6.07) is 6.01. The second kappa shape index (κ2) is 5.72. The van der Waals surface area contributed by atoms with Gasteiger partial charge in [0.2, 0.25) is 0 Å². The van der Waals surface area contributed by atoms with Gasteiger partial charge in [0, 0.05) is 27.1 Å². The third-order valence-corrected chi connectivity index (χ3v) is 5.16. The quantitative estimate of drug-likeness (QED) is 0.812. The van der Waals surface area contributed by atoms with Crippen LogP contribution in [-0.2, 0) is 4.74 Å². The molecule has 2 nitrogen and oxygen atoms in total. The fourth-order valence-electron chi connectivity index (χ4n) is 3.19. The van der Waals surface area contributed by atoms with Crippen LogP contribution in [0.3, 0.4) is 0 Å². The van der Waals surface area contributed by atoms with Crippen molar-refractivity contribution in [1.82, 2.24) is 5.32 Å². The molecule has 2 aliphatic rings.